The summed E-state index contributed by atoms with van der Waals surface area (Å²) in [5, 5.41) is 17.4. The van der Waals surface area contributed by atoms with E-state index in [4.69, 9.17) is 14.9 Å². The van der Waals surface area contributed by atoms with E-state index in [0.717, 1.165) is 0 Å². The summed E-state index contributed by atoms with van der Waals surface area (Å²) in [4.78, 5) is 10.2. The van der Waals surface area contributed by atoms with Gasteiger partial charge in [0.1, 0.15) is 0 Å². The normalized spacial score (nSPS) is 43.0. The highest BCUT2D eigenvalue weighted by molar-refractivity contribution is 5.76. The molecule has 2 fully saturated rings. The Kier molecular flexibility index (Phi) is 1.62. The van der Waals surface area contributed by atoms with Crippen LogP contribution in [0.2, 0.25) is 0 Å². The number of carbonyl (C=O) groups is 1. The summed E-state index contributed by atoms with van der Waals surface area (Å²) >= 11 is 0. The van der Waals surface area contributed by atoms with Gasteiger partial charge in [-0.25, -0.2) is 4.79 Å². The van der Waals surface area contributed by atoms with Crippen LogP contribution in [0.25, 0.3) is 0 Å². The molecule has 2 rings (SSSR count). The Morgan fingerprint density at radius 2 is 2.15 bits per heavy atom. The SMILES string of the molecule is O=C(O)C(F)(F)C1C(O)CC2OC21. The first-order chi connectivity index (χ1) is 5.94. The van der Waals surface area contributed by atoms with Gasteiger partial charge in [-0.2, -0.15) is 8.78 Å². The fraction of sp³-hybridized carbons (Fsp3) is 0.857. The number of aliphatic hydroxyl groups excluding tert-OH is 1. The summed E-state index contributed by atoms with van der Waals surface area (Å²) in [5.41, 5.74) is 0. The molecule has 0 aromatic carbocycles. The van der Waals surface area contributed by atoms with Crippen molar-refractivity contribution in [2.24, 2.45) is 5.92 Å². The van der Waals surface area contributed by atoms with E-state index >= 15 is 0 Å². The summed E-state index contributed by atoms with van der Waals surface area (Å²) in [7, 11) is 0. The minimum absolute atomic E-state index is 0.109. The molecule has 2 aliphatic rings. The molecule has 4 nitrogen and oxygen atoms in total. The van der Waals surface area contributed by atoms with Gasteiger partial charge in [0.05, 0.1) is 24.2 Å². The Balaban J connectivity index is 2.19. The highest BCUT2D eigenvalue weighted by Gasteiger charge is 2.66. The van der Waals surface area contributed by atoms with Gasteiger partial charge < -0.3 is 14.9 Å². The van der Waals surface area contributed by atoms with Crippen molar-refractivity contribution in [1.82, 2.24) is 0 Å². The van der Waals surface area contributed by atoms with E-state index in [1.54, 1.807) is 0 Å². The first-order valence-corrected chi connectivity index (χ1v) is 3.89. The minimum atomic E-state index is -3.89. The van der Waals surface area contributed by atoms with Crippen LogP contribution in [-0.4, -0.2) is 40.4 Å². The van der Waals surface area contributed by atoms with Crippen LogP contribution in [0.1, 0.15) is 6.42 Å². The molecule has 1 aliphatic heterocycles. The van der Waals surface area contributed by atoms with Crippen molar-refractivity contribution in [2.45, 2.75) is 30.7 Å². The molecule has 4 atom stereocenters. The van der Waals surface area contributed by atoms with E-state index in [0.29, 0.717) is 0 Å². The lowest BCUT2D eigenvalue weighted by atomic mass is 9.97. The van der Waals surface area contributed by atoms with Gasteiger partial charge >= 0.3 is 11.9 Å². The maximum atomic E-state index is 12.9. The molecule has 1 heterocycles. The van der Waals surface area contributed by atoms with Crippen LogP contribution in [0, 0.1) is 5.92 Å². The van der Waals surface area contributed by atoms with Crippen molar-refractivity contribution in [1.29, 1.82) is 0 Å². The number of epoxide rings is 1. The standard InChI is InChI=1S/C7H8F2O4/c8-7(9,6(11)12)4-2(10)1-3-5(4)13-3/h2-5,10H,1H2,(H,11,12). The number of hydrogen-bond donors (Lipinski definition) is 2. The molecule has 0 amide bonds. The Labute approximate surface area is 72.1 Å². The molecule has 0 aromatic rings. The molecule has 0 aromatic heterocycles. The lowest BCUT2D eigenvalue weighted by Gasteiger charge is -2.22. The van der Waals surface area contributed by atoms with Crippen molar-refractivity contribution >= 4 is 5.97 Å². The highest BCUT2D eigenvalue weighted by Crippen LogP contribution is 2.49. The summed E-state index contributed by atoms with van der Waals surface area (Å²) in [6.45, 7) is 0. The van der Waals surface area contributed by atoms with Crippen molar-refractivity contribution < 1.29 is 28.5 Å². The zero-order valence-electron chi connectivity index (χ0n) is 6.48. The van der Waals surface area contributed by atoms with Crippen molar-refractivity contribution in [3.63, 3.8) is 0 Å². The maximum absolute atomic E-state index is 12.9. The second kappa shape index (κ2) is 2.39. The number of aliphatic hydroxyl groups is 1. The van der Waals surface area contributed by atoms with E-state index in [1.165, 1.54) is 0 Å². The molecule has 1 saturated carbocycles. The first-order valence-electron chi connectivity index (χ1n) is 3.89. The number of ether oxygens (including phenoxy) is 1. The topological polar surface area (TPSA) is 70.1 Å². The van der Waals surface area contributed by atoms with Crippen LogP contribution in [0.5, 0.6) is 0 Å². The van der Waals surface area contributed by atoms with Crippen molar-refractivity contribution in [3.8, 4) is 0 Å². The number of alkyl halides is 2. The van der Waals surface area contributed by atoms with E-state index in [2.05, 4.69) is 0 Å². The lowest BCUT2D eigenvalue weighted by Crippen LogP contribution is -2.44. The molecule has 74 valence electrons. The van der Waals surface area contributed by atoms with Gasteiger partial charge in [-0.1, -0.05) is 0 Å². The Morgan fingerprint density at radius 1 is 1.54 bits per heavy atom. The maximum Gasteiger partial charge on any atom is 0.375 e. The van der Waals surface area contributed by atoms with Gasteiger partial charge in [-0.15, -0.1) is 0 Å². The van der Waals surface area contributed by atoms with Gasteiger partial charge in [0.25, 0.3) is 0 Å². The predicted octanol–water partition coefficient (Wildman–Crippen LogP) is -0.145. The third kappa shape index (κ3) is 1.13. The Bertz CT molecular complexity index is 253. The van der Waals surface area contributed by atoms with Crippen LogP contribution in [-0.2, 0) is 9.53 Å². The fourth-order valence-corrected chi connectivity index (χ4v) is 1.86. The number of halogens is 2. The van der Waals surface area contributed by atoms with Crippen LogP contribution in [0.4, 0.5) is 8.78 Å². The average Bonchev–Trinajstić information content (AvgIpc) is 2.61. The molecule has 1 saturated heterocycles. The van der Waals surface area contributed by atoms with Crippen LogP contribution in [0.15, 0.2) is 0 Å². The quantitative estimate of drug-likeness (QED) is 0.600. The molecule has 1 aliphatic carbocycles. The van der Waals surface area contributed by atoms with E-state index in [9.17, 15) is 13.6 Å². The third-order valence-electron chi connectivity index (χ3n) is 2.57. The largest absolute Gasteiger partial charge is 0.477 e. The third-order valence-corrected chi connectivity index (χ3v) is 2.57. The summed E-state index contributed by atoms with van der Waals surface area (Å²) < 4.78 is 30.6. The van der Waals surface area contributed by atoms with E-state index in [1.807, 2.05) is 0 Å². The molecule has 13 heavy (non-hydrogen) atoms. The van der Waals surface area contributed by atoms with Gasteiger partial charge in [-0.05, 0) is 0 Å². The highest BCUT2D eigenvalue weighted by atomic mass is 19.3. The van der Waals surface area contributed by atoms with E-state index < -0.39 is 30.0 Å². The molecule has 0 spiro atoms. The lowest BCUT2D eigenvalue weighted by molar-refractivity contribution is -0.182. The molecule has 2 N–H and O–H groups in total. The van der Waals surface area contributed by atoms with Gasteiger partial charge in [0.15, 0.2) is 0 Å². The number of carboxylic acids is 1. The number of aliphatic carboxylic acids is 1. The first kappa shape index (κ1) is 8.83. The van der Waals surface area contributed by atoms with Gasteiger partial charge in [0.2, 0.25) is 0 Å². The fourth-order valence-electron chi connectivity index (χ4n) is 1.86. The van der Waals surface area contributed by atoms with Crippen molar-refractivity contribution in [2.75, 3.05) is 0 Å². The summed E-state index contributed by atoms with van der Waals surface area (Å²) in [6, 6.07) is 0. The summed E-state index contributed by atoms with van der Waals surface area (Å²) in [5.74, 6) is -7.68. The van der Waals surface area contributed by atoms with Crippen LogP contribution >= 0.6 is 0 Å². The molecule has 0 radical (unpaired) electrons. The molecule has 6 heteroatoms. The van der Waals surface area contributed by atoms with E-state index in [-0.39, 0.29) is 12.5 Å². The number of hydrogen-bond acceptors (Lipinski definition) is 3. The average molecular weight is 194 g/mol. The molecular formula is C7H8F2O4. The van der Waals surface area contributed by atoms with Crippen LogP contribution < -0.4 is 0 Å². The number of rotatable bonds is 2. The predicted molar refractivity (Wildman–Crippen MR) is 35.4 cm³/mol. The molecule has 0 bridgehead atoms. The Morgan fingerprint density at radius 3 is 2.54 bits per heavy atom. The van der Waals surface area contributed by atoms with Crippen LogP contribution in [0.3, 0.4) is 0 Å². The van der Waals surface area contributed by atoms with Gasteiger partial charge in [-0.3, -0.25) is 0 Å². The van der Waals surface area contributed by atoms with Gasteiger partial charge in [0, 0.05) is 6.42 Å². The second-order valence-corrected chi connectivity index (χ2v) is 3.40. The minimum Gasteiger partial charge on any atom is -0.477 e. The number of carboxylic acid groups (broad SMARTS) is 1. The Hall–Kier alpha value is -0.750. The monoisotopic (exact) mass is 194 g/mol. The molecular weight excluding hydrogens is 186 g/mol. The zero-order chi connectivity index (χ0) is 9.80. The summed E-state index contributed by atoms with van der Waals surface area (Å²) in [6.07, 6.45) is -2.31. The zero-order valence-corrected chi connectivity index (χ0v) is 6.48. The smallest absolute Gasteiger partial charge is 0.375 e. The number of fused-ring (bicyclic) bond motifs is 1. The molecule has 4 unspecified atom stereocenters. The van der Waals surface area contributed by atoms with Crippen molar-refractivity contribution in [3.05, 3.63) is 0 Å². The second-order valence-electron chi connectivity index (χ2n) is 3.40.